The van der Waals surface area contributed by atoms with Crippen molar-refractivity contribution in [2.24, 2.45) is 0 Å². The van der Waals surface area contributed by atoms with Gasteiger partial charge in [-0.2, -0.15) is 0 Å². The Balaban J connectivity index is 1.31. The number of ether oxygens (including phenoxy) is 3. The standard InChI is InChI=1S/C23H23N3O4/c1-28-23(27)19-13-24-22(18-5-3-2-4-17(18)19)26-10-8-25(9-11-26)14-16-6-7-20-21(12-16)30-15-29-20/h2-7,12-13H,8-11,14-15H2,1H3. The van der Waals surface area contributed by atoms with Crippen molar-refractivity contribution >= 4 is 22.6 Å². The highest BCUT2D eigenvalue weighted by Crippen LogP contribution is 2.33. The van der Waals surface area contributed by atoms with Crippen molar-refractivity contribution in [3.05, 3.63) is 59.8 Å². The molecule has 2 aliphatic heterocycles. The second-order valence-electron chi connectivity index (χ2n) is 7.48. The molecule has 0 aliphatic carbocycles. The summed E-state index contributed by atoms with van der Waals surface area (Å²) in [7, 11) is 1.39. The zero-order valence-corrected chi connectivity index (χ0v) is 16.8. The lowest BCUT2D eigenvalue weighted by atomic mass is 10.1. The summed E-state index contributed by atoms with van der Waals surface area (Å²) >= 11 is 0. The SMILES string of the molecule is COC(=O)c1cnc(N2CCN(Cc3ccc4c(c3)OCO4)CC2)c2ccccc12. The second kappa shape index (κ2) is 7.84. The second-order valence-corrected chi connectivity index (χ2v) is 7.48. The fourth-order valence-corrected chi connectivity index (χ4v) is 4.12. The molecular formula is C23H23N3O4. The van der Waals surface area contributed by atoms with Gasteiger partial charge in [0.15, 0.2) is 11.5 Å². The average molecular weight is 405 g/mol. The van der Waals surface area contributed by atoms with E-state index in [0.29, 0.717) is 12.4 Å². The summed E-state index contributed by atoms with van der Waals surface area (Å²) in [6, 6.07) is 14.0. The molecular weight excluding hydrogens is 382 g/mol. The highest BCUT2D eigenvalue weighted by molar-refractivity contribution is 6.07. The van der Waals surface area contributed by atoms with Crippen LogP contribution in [0.2, 0.25) is 0 Å². The van der Waals surface area contributed by atoms with Crippen LogP contribution in [0.15, 0.2) is 48.7 Å². The van der Waals surface area contributed by atoms with Crippen LogP contribution in [0.1, 0.15) is 15.9 Å². The molecule has 30 heavy (non-hydrogen) atoms. The Kier molecular flexibility index (Phi) is 4.88. The molecule has 0 radical (unpaired) electrons. The number of carbonyl (C=O) groups excluding carboxylic acids is 1. The first kappa shape index (κ1) is 18.7. The van der Waals surface area contributed by atoms with Crippen molar-refractivity contribution < 1.29 is 19.0 Å². The fourth-order valence-electron chi connectivity index (χ4n) is 4.12. The third kappa shape index (κ3) is 3.41. The maximum absolute atomic E-state index is 12.1. The first-order valence-corrected chi connectivity index (χ1v) is 10.0. The van der Waals surface area contributed by atoms with E-state index in [1.165, 1.54) is 12.7 Å². The number of hydrogen-bond donors (Lipinski definition) is 0. The molecule has 1 saturated heterocycles. The van der Waals surface area contributed by atoms with Crippen molar-refractivity contribution in [3.63, 3.8) is 0 Å². The quantitative estimate of drug-likeness (QED) is 0.618. The minimum Gasteiger partial charge on any atom is -0.465 e. The molecule has 7 heteroatoms. The molecule has 5 rings (SSSR count). The molecule has 0 amide bonds. The van der Waals surface area contributed by atoms with E-state index in [-0.39, 0.29) is 5.97 Å². The first-order valence-electron chi connectivity index (χ1n) is 10.0. The number of methoxy groups -OCH3 is 1. The Bertz CT molecular complexity index is 1090. The monoisotopic (exact) mass is 405 g/mol. The smallest absolute Gasteiger partial charge is 0.340 e. The van der Waals surface area contributed by atoms with E-state index >= 15 is 0 Å². The number of anilines is 1. The van der Waals surface area contributed by atoms with Gasteiger partial charge in [0.2, 0.25) is 6.79 Å². The number of aromatic nitrogens is 1. The van der Waals surface area contributed by atoms with E-state index in [1.54, 1.807) is 6.20 Å². The van der Waals surface area contributed by atoms with Crippen LogP contribution in [0.5, 0.6) is 11.5 Å². The summed E-state index contributed by atoms with van der Waals surface area (Å²) in [5.41, 5.74) is 1.72. The number of benzene rings is 2. The Morgan fingerprint density at radius 2 is 1.80 bits per heavy atom. The van der Waals surface area contributed by atoms with Crippen LogP contribution in [-0.4, -0.2) is 55.9 Å². The van der Waals surface area contributed by atoms with Crippen LogP contribution < -0.4 is 14.4 Å². The molecule has 3 heterocycles. The molecule has 2 aliphatic rings. The van der Waals surface area contributed by atoms with Gasteiger partial charge in [-0.15, -0.1) is 0 Å². The number of hydrogen-bond acceptors (Lipinski definition) is 7. The molecule has 1 fully saturated rings. The van der Waals surface area contributed by atoms with Crippen molar-refractivity contribution in [2.75, 3.05) is 45.0 Å². The van der Waals surface area contributed by atoms with Crippen molar-refractivity contribution in [1.82, 2.24) is 9.88 Å². The maximum Gasteiger partial charge on any atom is 0.340 e. The largest absolute Gasteiger partial charge is 0.465 e. The van der Waals surface area contributed by atoms with Crippen LogP contribution in [0.4, 0.5) is 5.82 Å². The number of piperazine rings is 1. The summed E-state index contributed by atoms with van der Waals surface area (Å²) < 4.78 is 15.8. The minimum absolute atomic E-state index is 0.299. The Hall–Kier alpha value is -3.32. The van der Waals surface area contributed by atoms with Gasteiger partial charge in [0.1, 0.15) is 5.82 Å². The molecule has 0 N–H and O–H groups in total. The lowest BCUT2D eigenvalue weighted by Gasteiger charge is -2.36. The number of pyridine rings is 1. The van der Waals surface area contributed by atoms with E-state index < -0.39 is 0 Å². The predicted octanol–water partition coefficient (Wildman–Crippen LogP) is 3.07. The van der Waals surface area contributed by atoms with Gasteiger partial charge >= 0.3 is 5.97 Å². The Labute approximate surface area is 174 Å². The fraction of sp³-hybridized carbons (Fsp3) is 0.304. The third-order valence-corrected chi connectivity index (χ3v) is 5.69. The van der Waals surface area contributed by atoms with Crippen LogP contribution in [-0.2, 0) is 11.3 Å². The van der Waals surface area contributed by atoms with Gasteiger partial charge in [0.05, 0.1) is 12.7 Å². The highest BCUT2D eigenvalue weighted by Gasteiger charge is 2.22. The van der Waals surface area contributed by atoms with Gasteiger partial charge < -0.3 is 19.1 Å². The van der Waals surface area contributed by atoms with Crippen LogP contribution in [0.25, 0.3) is 10.8 Å². The molecule has 0 spiro atoms. The molecule has 0 bridgehead atoms. The molecule has 0 atom stereocenters. The predicted molar refractivity (Wildman–Crippen MR) is 113 cm³/mol. The normalized spacial score (nSPS) is 16.1. The zero-order valence-electron chi connectivity index (χ0n) is 16.8. The van der Waals surface area contributed by atoms with E-state index in [0.717, 1.165) is 60.8 Å². The summed E-state index contributed by atoms with van der Waals surface area (Å²) in [5, 5.41) is 1.85. The van der Waals surface area contributed by atoms with Crippen molar-refractivity contribution in [2.45, 2.75) is 6.54 Å². The van der Waals surface area contributed by atoms with Gasteiger partial charge in [0.25, 0.3) is 0 Å². The average Bonchev–Trinajstić information content (AvgIpc) is 3.26. The maximum atomic E-state index is 12.1. The summed E-state index contributed by atoms with van der Waals surface area (Å²) in [6.45, 7) is 4.79. The van der Waals surface area contributed by atoms with Crippen LogP contribution in [0, 0.1) is 0 Å². The molecule has 0 saturated carbocycles. The summed E-state index contributed by atoms with van der Waals surface area (Å²) in [6.07, 6.45) is 1.63. The number of rotatable bonds is 4. The third-order valence-electron chi connectivity index (χ3n) is 5.69. The van der Waals surface area contributed by atoms with E-state index in [2.05, 4.69) is 26.9 Å². The molecule has 2 aromatic carbocycles. The number of nitrogens with zero attached hydrogens (tertiary/aromatic N) is 3. The minimum atomic E-state index is -0.362. The van der Waals surface area contributed by atoms with E-state index in [1.807, 2.05) is 30.3 Å². The number of fused-ring (bicyclic) bond motifs is 2. The number of esters is 1. The molecule has 154 valence electrons. The number of carbonyl (C=O) groups is 1. The summed E-state index contributed by atoms with van der Waals surface area (Å²) in [4.78, 5) is 21.4. The van der Waals surface area contributed by atoms with Crippen LogP contribution in [0.3, 0.4) is 0 Å². The Morgan fingerprint density at radius 1 is 1.03 bits per heavy atom. The van der Waals surface area contributed by atoms with E-state index in [4.69, 9.17) is 14.2 Å². The molecule has 3 aromatic rings. The van der Waals surface area contributed by atoms with Gasteiger partial charge in [-0.1, -0.05) is 30.3 Å². The first-order chi connectivity index (χ1) is 14.7. The highest BCUT2D eigenvalue weighted by atomic mass is 16.7. The lowest BCUT2D eigenvalue weighted by molar-refractivity contribution is 0.0602. The van der Waals surface area contributed by atoms with Gasteiger partial charge in [-0.25, -0.2) is 9.78 Å². The Morgan fingerprint density at radius 3 is 2.60 bits per heavy atom. The van der Waals surface area contributed by atoms with Crippen molar-refractivity contribution in [1.29, 1.82) is 0 Å². The van der Waals surface area contributed by atoms with Crippen molar-refractivity contribution in [3.8, 4) is 11.5 Å². The zero-order chi connectivity index (χ0) is 20.5. The van der Waals surface area contributed by atoms with Gasteiger partial charge in [-0.3, -0.25) is 4.90 Å². The molecule has 1 aromatic heterocycles. The topological polar surface area (TPSA) is 64.1 Å². The summed E-state index contributed by atoms with van der Waals surface area (Å²) in [5.74, 6) is 2.20. The molecule has 0 unspecified atom stereocenters. The molecule has 7 nitrogen and oxygen atoms in total. The van der Waals surface area contributed by atoms with Crippen LogP contribution >= 0.6 is 0 Å². The van der Waals surface area contributed by atoms with E-state index in [9.17, 15) is 4.79 Å². The lowest BCUT2D eigenvalue weighted by Crippen LogP contribution is -2.46. The van der Waals surface area contributed by atoms with Gasteiger partial charge in [-0.05, 0) is 17.7 Å². The van der Waals surface area contributed by atoms with Gasteiger partial charge in [0, 0.05) is 49.7 Å².